The number of ether oxygens (including phenoxy) is 1. The fourth-order valence-electron chi connectivity index (χ4n) is 2.66. The second kappa shape index (κ2) is 10.3. The van der Waals surface area contributed by atoms with Gasteiger partial charge in [0.25, 0.3) is 0 Å². The summed E-state index contributed by atoms with van der Waals surface area (Å²) in [7, 11) is 0. The molecule has 2 aromatic rings. The number of rotatable bonds is 10. The molecule has 2 rings (SSSR count). The summed E-state index contributed by atoms with van der Waals surface area (Å²) >= 11 is 3.30. The molecule has 0 spiro atoms. The number of aliphatic carboxylic acids is 1. The van der Waals surface area contributed by atoms with E-state index >= 15 is 0 Å². The van der Waals surface area contributed by atoms with Crippen LogP contribution in [0.1, 0.15) is 52.7 Å². The molecular weight excluding hydrogens is 370 g/mol. The molecule has 0 aliphatic heterocycles. The molecule has 0 aliphatic rings. The van der Waals surface area contributed by atoms with Gasteiger partial charge in [0, 0.05) is 29.1 Å². The van der Waals surface area contributed by atoms with Gasteiger partial charge in [0.1, 0.15) is 6.10 Å². The molecule has 0 saturated carbocycles. The zero-order valence-electron chi connectivity index (χ0n) is 15.1. The highest BCUT2D eigenvalue weighted by molar-refractivity contribution is 7.10. The molecule has 0 radical (unpaired) electrons. The van der Waals surface area contributed by atoms with E-state index in [1.54, 1.807) is 22.7 Å². The summed E-state index contributed by atoms with van der Waals surface area (Å²) in [5.74, 6) is -0.782. The first-order chi connectivity index (χ1) is 12.5. The van der Waals surface area contributed by atoms with Gasteiger partial charge in [-0.3, -0.25) is 4.79 Å². The number of carboxylic acids is 1. The van der Waals surface area contributed by atoms with Crippen molar-refractivity contribution in [2.45, 2.75) is 52.1 Å². The molecule has 7 heteroatoms. The minimum atomic E-state index is -0.782. The Labute approximate surface area is 162 Å². The molecule has 1 atom stereocenters. The predicted octanol–water partition coefficient (Wildman–Crippen LogP) is 5.08. The Kier molecular flexibility index (Phi) is 8.12. The summed E-state index contributed by atoms with van der Waals surface area (Å²) in [5, 5.41) is 15.5. The van der Waals surface area contributed by atoms with Gasteiger partial charge in [-0.2, -0.15) is 0 Å². The van der Waals surface area contributed by atoms with Crippen LogP contribution in [0.4, 0.5) is 4.79 Å². The van der Waals surface area contributed by atoms with Crippen LogP contribution >= 0.6 is 22.7 Å². The van der Waals surface area contributed by atoms with Gasteiger partial charge in [-0.25, -0.2) is 4.79 Å². The van der Waals surface area contributed by atoms with Crippen molar-refractivity contribution in [1.82, 2.24) is 5.32 Å². The number of nitrogens with one attached hydrogen (secondary N) is 1. The predicted molar refractivity (Wildman–Crippen MR) is 105 cm³/mol. The van der Waals surface area contributed by atoms with Crippen molar-refractivity contribution in [2.75, 3.05) is 6.54 Å². The minimum Gasteiger partial charge on any atom is -0.481 e. The molecule has 26 heavy (non-hydrogen) atoms. The van der Waals surface area contributed by atoms with Gasteiger partial charge < -0.3 is 15.2 Å². The van der Waals surface area contributed by atoms with Crippen LogP contribution < -0.4 is 5.32 Å². The Morgan fingerprint density at radius 1 is 1.15 bits per heavy atom. The molecule has 0 aliphatic carbocycles. The van der Waals surface area contributed by atoms with Gasteiger partial charge in [-0.15, -0.1) is 22.7 Å². The summed E-state index contributed by atoms with van der Waals surface area (Å²) < 4.78 is 5.72. The Balaban J connectivity index is 1.86. The van der Waals surface area contributed by atoms with Crippen LogP contribution in [-0.4, -0.2) is 23.7 Å². The quantitative estimate of drug-likeness (QED) is 0.550. The maximum absolute atomic E-state index is 12.2. The zero-order chi connectivity index (χ0) is 18.9. The molecule has 0 bridgehead atoms. The second-order valence-corrected chi connectivity index (χ2v) is 8.27. The van der Waals surface area contributed by atoms with Crippen LogP contribution in [-0.2, 0) is 16.0 Å². The average molecular weight is 396 g/mol. The van der Waals surface area contributed by atoms with Crippen LogP contribution in [0.25, 0.3) is 0 Å². The van der Waals surface area contributed by atoms with Crippen LogP contribution in [0.15, 0.2) is 22.9 Å². The highest BCUT2D eigenvalue weighted by Crippen LogP contribution is 2.31. The van der Waals surface area contributed by atoms with E-state index in [-0.39, 0.29) is 12.5 Å². The standard InChI is InChI=1S/C19H25NO4S2/c1-13-7-10-26-18(13)16(12-15-8-11-25-14(15)2)24-19(23)20-9-5-3-4-6-17(21)22/h7-8,10-11,16H,3-6,9,12H2,1-2H3,(H,20,23)(H,21,22). The third-order valence-electron chi connectivity index (χ3n) is 4.15. The maximum atomic E-state index is 12.2. The lowest BCUT2D eigenvalue weighted by Crippen LogP contribution is -2.27. The third-order valence-corrected chi connectivity index (χ3v) is 6.15. The van der Waals surface area contributed by atoms with Crippen molar-refractivity contribution in [3.8, 4) is 0 Å². The summed E-state index contributed by atoms with van der Waals surface area (Å²) in [5.41, 5.74) is 2.34. The van der Waals surface area contributed by atoms with Gasteiger partial charge in [0.05, 0.1) is 0 Å². The molecule has 0 saturated heterocycles. The van der Waals surface area contributed by atoms with E-state index in [0.717, 1.165) is 23.3 Å². The molecule has 1 amide bonds. The van der Waals surface area contributed by atoms with Crippen molar-refractivity contribution < 1.29 is 19.4 Å². The molecule has 5 nitrogen and oxygen atoms in total. The van der Waals surface area contributed by atoms with Crippen molar-refractivity contribution in [3.63, 3.8) is 0 Å². The first-order valence-electron chi connectivity index (χ1n) is 8.70. The van der Waals surface area contributed by atoms with Crippen molar-refractivity contribution in [2.24, 2.45) is 0 Å². The number of hydrogen-bond acceptors (Lipinski definition) is 5. The van der Waals surface area contributed by atoms with Gasteiger partial charge in [-0.05, 0) is 60.7 Å². The summed E-state index contributed by atoms with van der Waals surface area (Å²) in [6.07, 6.45) is 2.26. The Bertz CT molecular complexity index is 723. The van der Waals surface area contributed by atoms with Gasteiger partial charge >= 0.3 is 12.1 Å². The van der Waals surface area contributed by atoms with Crippen LogP contribution in [0.5, 0.6) is 0 Å². The lowest BCUT2D eigenvalue weighted by Gasteiger charge is -2.18. The highest BCUT2D eigenvalue weighted by atomic mass is 32.1. The Morgan fingerprint density at radius 3 is 2.54 bits per heavy atom. The number of thiophene rings is 2. The van der Waals surface area contributed by atoms with Gasteiger partial charge in [0.2, 0.25) is 0 Å². The lowest BCUT2D eigenvalue weighted by atomic mass is 10.1. The Hall–Kier alpha value is -1.86. The number of unbranched alkanes of at least 4 members (excludes halogenated alkanes) is 2. The molecule has 142 valence electrons. The van der Waals surface area contributed by atoms with E-state index in [2.05, 4.69) is 23.7 Å². The first kappa shape index (κ1) is 20.5. The monoisotopic (exact) mass is 395 g/mol. The van der Waals surface area contributed by atoms with Crippen LogP contribution in [0.3, 0.4) is 0 Å². The summed E-state index contributed by atoms with van der Waals surface area (Å²) in [6.45, 7) is 4.60. The zero-order valence-corrected chi connectivity index (χ0v) is 16.8. The fraction of sp³-hybridized carbons (Fsp3) is 0.474. The van der Waals surface area contributed by atoms with E-state index in [0.29, 0.717) is 19.4 Å². The fourth-order valence-corrected chi connectivity index (χ4v) is 4.36. The molecule has 2 heterocycles. The van der Waals surface area contributed by atoms with E-state index in [4.69, 9.17) is 9.84 Å². The molecule has 0 fully saturated rings. The van der Waals surface area contributed by atoms with Gasteiger partial charge in [-0.1, -0.05) is 6.42 Å². The minimum absolute atomic E-state index is 0.171. The normalized spacial score (nSPS) is 11.9. The number of carboxylic acid groups (broad SMARTS) is 1. The molecule has 2 aromatic heterocycles. The summed E-state index contributed by atoms with van der Waals surface area (Å²) in [4.78, 5) is 25.0. The van der Waals surface area contributed by atoms with Crippen molar-refractivity contribution in [3.05, 3.63) is 43.8 Å². The molecule has 2 N–H and O–H groups in total. The number of carbonyl (C=O) groups excluding carboxylic acids is 1. The number of carbonyl (C=O) groups is 2. The summed E-state index contributed by atoms with van der Waals surface area (Å²) in [6, 6.07) is 4.12. The van der Waals surface area contributed by atoms with Gasteiger partial charge in [0.15, 0.2) is 0 Å². The molecule has 1 unspecified atom stereocenters. The Morgan fingerprint density at radius 2 is 1.92 bits per heavy atom. The largest absolute Gasteiger partial charge is 0.481 e. The maximum Gasteiger partial charge on any atom is 0.407 e. The lowest BCUT2D eigenvalue weighted by molar-refractivity contribution is -0.137. The number of aryl methyl sites for hydroxylation is 2. The molecular formula is C19H25NO4S2. The topological polar surface area (TPSA) is 75.6 Å². The smallest absolute Gasteiger partial charge is 0.407 e. The van der Waals surface area contributed by atoms with E-state index in [1.807, 2.05) is 18.4 Å². The van der Waals surface area contributed by atoms with Crippen molar-refractivity contribution >= 4 is 34.7 Å². The molecule has 0 aromatic carbocycles. The number of hydrogen-bond donors (Lipinski definition) is 2. The highest BCUT2D eigenvalue weighted by Gasteiger charge is 2.21. The first-order valence-corrected chi connectivity index (χ1v) is 10.5. The number of amides is 1. The SMILES string of the molecule is Cc1ccsc1C(Cc1ccsc1C)OC(=O)NCCCCCC(=O)O. The van der Waals surface area contributed by atoms with E-state index < -0.39 is 12.1 Å². The van der Waals surface area contributed by atoms with Crippen molar-refractivity contribution in [1.29, 1.82) is 0 Å². The average Bonchev–Trinajstić information content (AvgIpc) is 3.18. The second-order valence-electron chi connectivity index (χ2n) is 6.20. The third kappa shape index (κ3) is 6.46. The van der Waals surface area contributed by atoms with E-state index in [9.17, 15) is 9.59 Å². The van der Waals surface area contributed by atoms with E-state index in [1.165, 1.54) is 10.4 Å². The van der Waals surface area contributed by atoms with Crippen LogP contribution in [0.2, 0.25) is 0 Å². The van der Waals surface area contributed by atoms with Crippen LogP contribution in [0, 0.1) is 13.8 Å². The number of alkyl carbamates (subject to hydrolysis) is 1.